The fourth-order valence-electron chi connectivity index (χ4n) is 5.22. The first kappa shape index (κ1) is 18.5. The molecule has 1 saturated heterocycles. The van der Waals surface area contributed by atoms with E-state index in [9.17, 15) is 9.18 Å². The number of likely N-dealkylation sites (tertiary alicyclic amines) is 1. The normalized spacial score (nSPS) is 23.9. The average Bonchev–Trinajstić information content (AvgIpc) is 3.00. The Hall–Kier alpha value is -2.53. The van der Waals surface area contributed by atoms with E-state index in [1.807, 2.05) is 44.3 Å². The summed E-state index contributed by atoms with van der Waals surface area (Å²) in [6.07, 6.45) is 3.79. The molecule has 0 radical (unpaired) electrons. The van der Waals surface area contributed by atoms with Gasteiger partial charge >= 0.3 is 0 Å². The largest absolute Gasteiger partial charge is 0.302 e. The third-order valence-corrected chi connectivity index (χ3v) is 6.89. The maximum atomic E-state index is 13.2. The van der Waals surface area contributed by atoms with Gasteiger partial charge in [0.05, 0.1) is 0 Å². The zero-order valence-electron chi connectivity index (χ0n) is 16.9. The number of fused-ring (bicyclic) bond motifs is 2. The van der Waals surface area contributed by atoms with Crippen LogP contribution in [0.4, 0.5) is 4.39 Å². The highest BCUT2D eigenvalue weighted by Crippen LogP contribution is 2.51. The Morgan fingerprint density at radius 2 is 1.90 bits per heavy atom. The molecule has 3 atom stereocenters. The fourth-order valence-corrected chi connectivity index (χ4v) is 5.22. The van der Waals surface area contributed by atoms with E-state index in [0.717, 1.165) is 48.8 Å². The van der Waals surface area contributed by atoms with Gasteiger partial charge in [0, 0.05) is 37.1 Å². The molecule has 5 heteroatoms. The Labute approximate surface area is 170 Å². The first-order chi connectivity index (χ1) is 14.0. The molecule has 4 nitrogen and oxygen atoms in total. The first-order valence-corrected chi connectivity index (χ1v) is 10.5. The van der Waals surface area contributed by atoms with Gasteiger partial charge in [-0.1, -0.05) is 18.2 Å². The Morgan fingerprint density at radius 3 is 2.69 bits per heavy atom. The van der Waals surface area contributed by atoms with Crippen LogP contribution in [0, 0.1) is 31.5 Å². The standard InChI is InChI=1S/C24H26FN3O/c1-15-3-8-23-26-16(2)20(24(29)28(23)12-15)9-10-27-13-18-11-21(22(18)14-27)17-4-6-19(25)7-5-17/h3-8,12,18,21-22H,9-11,13-14H2,1-2H3. The quantitative estimate of drug-likeness (QED) is 0.680. The lowest BCUT2D eigenvalue weighted by atomic mass is 9.64. The van der Waals surface area contributed by atoms with E-state index >= 15 is 0 Å². The molecule has 0 bridgehead atoms. The van der Waals surface area contributed by atoms with Gasteiger partial charge in [0.25, 0.3) is 5.56 Å². The molecule has 1 aliphatic heterocycles. The molecular formula is C24H26FN3O. The summed E-state index contributed by atoms with van der Waals surface area (Å²) in [5.41, 5.74) is 4.75. The van der Waals surface area contributed by atoms with E-state index in [1.54, 1.807) is 16.5 Å². The van der Waals surface area contributed by atoms with Gasteiger partial charge in [-0.3, -0.25) is 9.20 Å². The molecule has 3 aromatic rings. The number of halogens is 1. The fraction of sp³-hybridized carbons (Fsp3) is 0.417. The van der Waals surface area contributed by atoms with Crippen LogP contribution in [0.25, 0.3) is 5.65 Å². The van der Waals surface area contributed by atoms with Crippen molar-refractivity contribution in [3.8, 4) is 0 Å². The molecule has 3 unspecified atom stereocenters. The third kappa shape index (κ3) is 3.27. The molecule has 1 aromatic carbocycles. The first-order valence-electron chi connectivity index (χ1n) is 10.5. The molecule has 2 aromatic heterocycles. The second-order valence-corrected chi connectivity index (χ2v) is 8.74. The minimum absolute atomic E-state index is 0.0579. The maximum absolute atomic E-state index is 13.2. The van der Waals surface area contributed by atoms with E-state index in [4.69, 9.17) is 0 Å². The number of pyridine rings is 1. The van der Waals surface area contributed by atoms with Crippen LogP contribution in [0.2, 0.25) is 0 Å². The SMILES string of the molecule is Cc1ccc2nc(C)c(CCN3CC4CC(c5ccc(F)cc5)C4C3)c(=O)n2c1. The summed E-state index contributed by atoms with van der Waals surface area (Å²) in [7, 11) is 0. The van der Waals surface area contributed by atoms with Gasteiger partial charge in [-0.05, 0) is 73.8 Å². The van der Waals surface area contributed by atoms with Gasteiger partial charge in [0.1, 0.15) is 11.5 Å². The number of rotatable bonds is 4. The molecule has 1 saturated carbocycles. The lowest BCUT2D eigenvalue weighted by Crippen LogP contribution is -2.33. The molecule has 5 rings (SSSR count). The topological polar surface area (TPSA) is 37.6 Å². The van der Waals surface area contributed by atoms with E-state index in [0.29, 0.717) is 17.5 Å². The van der Waals surface area contributed by atoms with Crippen LogP contribution in [0.1, 0.15) is 34.7 Å². The molecule has 0 amide bonds. The molecule has 0 spiro atoms. The van der Waals surface area contributed by atoms with Crippen LogP contribution in [0.3, 0.4) is 0 Å². The highest BCUT2D eigenvalue weighted by atomic mass is 19.1. The summed E-state index contributed by atoms with van der Waals surface area (Å²) in [5.74, 6) is 1.76. The van der Waals surface area contributed by atoms with Crippen molar-refractivity contribution in [1.82, 2.24) is 14.3 Å². The number of benzene rings is 1. The summed E-state index contributed by atoms with van der Waals surface area (Å²) in [4.78, 5) is 20.1. The summed E-state index contributed by atoms with van der Waals surface area (Å²) in [6.45, 7) is 6.98. The molecule has 29 heavy (non-hydrogen) atoms. The molecule has 2 fully saturated rings. The van der Waals surface area contributed by atoms with E-state index in [2.05, 4.69) is 9.88 Å². The second kappa shape index (κ2) is 7.06. The summed E-state index contributed by atoms with van der Waals surface area (Å²) >= 11 is 0. The number of aromatic nitrogens is 2. The number of aryl methyl sites for hydroxylation is 2. The second-order valence-electron chi connectivity index (χ2n) is 8.74. The predicted molar refractivity (Wildman–Crippen MR) is 112 cm³/mol. The van der Waals surface area contributed by atoms with Gasteiger partial charge in [-0.2, -0.15) is 0 Å². The monoisotopic (exact) mass is 391 g/mol. The van der Waals surface area contributed by atoms with Gasteiger partial charge < -0.3 is 4.90 Å². The van der Waals surface area contributed by atoms with E-state index < -0.39 is 0 Å². The lowest BCUT2D eigenvalue weighted by Gasteiger charge is -2.40. The Kier molecular flexibility index (Phi) is 4.50. The third-order valence-electron chi connectivity index (χ3n) is 6.89. The van der Waals surface area contributed by atoms with Crippen molar-refractivity contribution < 1.29 is 4.39 Å². The maximum Gasteiger partial charge on any atom is 0.261 e. The van der Waals surface area contributed by atoms with Crippen molar-refractivity contribution in [3.05, 3.63) is 81.2 Å². The van der Waals surface area contributed by atoms with Crippen LogP contribution in [0.5, 0.6) is 0 Å². The van der Waals surface area contributed by atoms with Gasteiger partial charge in [-0.25, -0.2) is 9.37 Å². The zero-order valence-corrected chi connectivity index (χ0v) is 16.9. The van der Waals surface area contributed by atoms with Gasteiger partial charge in [0.2, 0.25) is 0 Å². The molecular weight excluding hydrogens is 365 g/mol. The van der Waals surface area contributed by atoms with Gasteiger partial charge in [-0.15, -0.1) is 0 Å². The van der Waals surface area contributed by atoms with Crippen molar-refractivity contribution in [2.24, 2.45) is 11.8 Å². The van der Waals surface area contributed by atoms with Gasteiger partial charge in [0.15, 0.2) is 0 Å². The summed E-state index contributed by atoms with van der Waals surface area (Å²) < 4.78 is 14.9. The van der Waals surface area contributed by atoms with Crippen LogP contribution in [-0.4, -0.2) is 33.9 Å². The Bertz CT molecular complexity index is 1120. The number of hydrogen-bond donors (Lipinski definition) is 0. The van der Waals surface area contributed by atoms with E-state index in [-0.39, 0.29) is 11.4 Å². The number of hydrogen-bond acceptors (Lipinski definition) is 3. The van der Waals surface area contributed by atoms with Crippen LogP contribution >= 0.6 is 0 Å². The van der Waals surface area contributed by atoms with Crippen LogP contribution in [0.15, 0.2) is 47.4 Å². The predicted octanol–water partition coefficient (Wildman–Crippen LogP) is 3.73. The number of nitrogens with zero attached hydrogens (tertiary/aromatic N) is 3. The molecule has 1 aliphatic carbocycles. The highest BCUT2D eigenvalue weighted by Gasteiger charge is 2.47. The van der Waals surface area contributed by atoms with Crippen molar-refractivity contribution in [3.63, 3.8) is 0 Å². The Balaban J connectivity index is 1.28. The van der Waals surface area contributed by atoms with Crippen molar-refractivity contribution in [2.45, 2.75) is 32.6 Å². The minimum Gasteiger partial charge on any atom is -0.302 e. The molecule has 2 aliphatic rings. The molecule has 0 N–H and O–H groups in total. The van der Waals surface area contributed by atoms with Crippen LogP contribution < -0.4 is 5.56 Å². The van der Waals surface area contributed by atoms with E-state index in [1.165, 1.54) is 12.0 Å². The molecule has 3 heterocycles. The van der Waals surface area contributed by atoms with Crippen molar-refractivity contribution >= 4 is 5.65 Å². The average molecular weight is 391 g/mol. The zero-order chi connectivity index (χ0) is 20.1. The smallest absolute Gasteiger partial charge is 0.261 e. The Morgan fingerprint density at radius 1 is 1.10 bits per heavy atom. The lowest BCUT2D eigenvalue weighted by molar-refractivity contribution is 0.191. The summed E-state index contributed by atoms with van der Waals surface area (Å²) in [6, 6.07) is 10.9. The van der Waals surface area contributed by atoms with Crippen LogP contribution in [-0.2, 0) is 6.42 Å². The summed E-state index contributed by atoms with van der Waals surface area (Å²) in [5, 5.41) is 0. The minimum atomic E-state index is -0.168. The van der Waals surface area contributed by atoms with Crippen molar-refractivity contribution in [2.75, 3.05) is 19.6 Å². The highest BCUT2D eigenvalue weighted by molar-refractivity contribution is 5.42. The molecule has 150 valence electrons. The van der Waals surface area contributed by atoms with Crippen molar-refractivity contribution in [1.29, 1.82) is 0 Å².